The molecule has 0 spiro atoms. The van der Waals surface area contributed by atoms with Gasteiger partial charge in [0, 0.05) is 0 Å². The highest BCUT2D eigenvalue weighted by Crippen LogP contribution is 2.23. The lowest BCUT2D eigenvalue weighted by molar-refractivity contribution is 0.650. The first-order chi connectivity index (χ1) is 8.38. The Labute approximate surface area is 112 Å². The molecular formula is C15H21NOS. The minimum absolute atomic E-state index is 0.294. The van der Waals surface area contributed by atoms with Gasteiger partial charge in [-0.15, -0.1) is 0 Å². The minimum Gasteiger partial charge on any atom is -0.234 e. The van der Waals surface area contributed by atoms with Gasteiger partial charge in [-0.3, -0.25) is 0 Å². The maximum absolute atomic E-state index is 12.0. The molecule has 98 valence electrons. The molecule has 0 radical (unpaired) electrons. The predicted octanol–water partition coefficient (Wildman–Crippen LogP) is 3.45. The lowest BCUT2D eigenvalue weighted by Crippen LogP contribution is -2.20. The van der Waals surface area contributed by atoms with Crippen molar-refractivity contribution in [3.8, 4) is 0 Å². The number of hydrogen-bond donors (Lipinski definition) is 0. The maximum atomic E-state index is 12.0. The van der Waals surface area contributed by atoms with Crippen LogP contribution in [0.1, 0.15) is 50.8 Å². The number of hydrogen-bond acceptors (Lipinski definition) is 1. The second-order valence-corrected chi connectivity index (χ2v) is 7.78. The van der Waals surface area contributed by atoms with E-state index >= 15 is 0 Å². The molecule has 18 heavy (non-hydrogen) atoms. The summed E-state index contributed by atoms with van der Waals surface area (Å²) in [5.41, 5.74) is 4.87. The highest BCUT2D eigenvalue weighted by atomic mass is 32.2. The molecule has 0 heterocycles. The van der Waals surface area contributed by atoms with Crippen LogP contribution in [0.15, 0.2) is 22.6 Å². The summed E-state index contributed by atoms with van der Waals surface area (Å²) in [7, 11) is -1.18. The van der Waals surface area contributed by atoms with Crippen molar-refractivity contribution in [3.05, 3.63) is 34.9 Å². The third-order valence-electron chi connectivity index (χ3n) is 3.26. The van der Waals surface area contributed by atoms with Crippen molar-refractivity contribution < 1.29 is 4.21 Å². The molecule has 0 bridgehead atoms. The lowest BCUT2D eigenvalue weighted by Gasteiger charge is -2.14. The van der Waals surface area contributed by atoms with E-state index in [9.17, 15) is 4.21 Å². The van der Waals surface area contributed by atoms with E-state index in [1.165, 1.54) is 30.4 Å². The zero-order valence-electron chi connectivity index (χ0n) is 11.6. The van der Waals surface area contributed by atoms with Gasteiger partial charge in [0.2, 0.25) is 0 Å². The van der Waals surface area contributed by atoms with Crippen LogP contribution < -0.4 is 0 Å². The van der Waals surface area contributed by atoms with Gasteiger partial charge in [0.25, 0.3) is 0 Å². The third kappa shape index (κ3) is 2.89. The molecule has 1 aromatic carbocycles. The van der Waals surface area contributed by atoms with E-state index in [2.05, 4.69) is 22.6 Å². The maximum Gasteiger partial charge on any atom is 0.145 e. The van der Waals surface area contributed by atoms with E-state index in [0.29, 0.717) is 0 Å². The van der Waals surface area contributed by atoms with Crippen molar-refractivity contribution in [2.24, 2.45) is 4.40 Å². The Hall–Kier alpha value is -0.960. The molecule has 3 heteroatoms. The normalized spacial score (nSPS) is 17.7. The largest absolute Gasteiger partial charge is 0.234 e. The lowest BCUT2D eigenvalue weighted by atomic mass is 10.0. The van der Waals surface area contributed by atoms with Crippen molar-refractivity contribution in [2.45, 2.75) is 51.7 Å². The van der Waals surface area contributed by atoms with Gasteiger partial charge in [0.05, 0.1) is 10.5 Å². The van der Waals surface area contributed by atoms with Crippen molar-refractivity contribution in [3.63, 3.8) is 0 Å². The zero-order valence-corrected chi connectivity index (χ0v) is 12.4. The molecule has 1 atom stereocenters. The summed E-state index contributed by atoms with van der Waals surface area (Å²) < 4.78 is 16.0. The van der Waals surface area contributed by atoms with E-state index in [-0.39, 0.29) is 4.75 Å². The first-order valence-electron chi connectivity index (χ1n) is 6.47. The number of aryl methyl sites for hydroxylation is 2. The van der Waals surface area contributed by atoms with Gasteiger partial charge in [0.15, 0.2) is 0 Å². The van der Waals surface area contributed by atoms with Crippen molar-refractivity contribution in [2.75, 3.05) is 0 Å². The molecule has 1 aliphatic carbocycles. The number of nitrogens with zero attached hydrogens (tertiary/aromatic N) is 1. The molecule has 0 saturated heterocycles. The van der Waals surface area contributed by atoms with E-state index in [0.717, 1.165) is 11.3 Å². The molecule has 0 aromatic heterocycles. The average Bonchev–Trinajstić information content (AvgIpc) is 2.74. The third-order valence-corrected chi connectivity index (χ3v) is 4.75. The molecule has 2 nitrogen and oxygen atoms in total. The fourth-order valence-corrected chi connectivity index (χ4v) is 2.74. The summed E-state index contributed by atoms with van der Waals surface area (Å²) in [6, 6.07) is 6.50. The summed E-state index contributed by atoms with van der Waals surface area (Å²) >= 11 is 0. The molecule has 0 aliphatic heterocycles. The SMILES string of the molecule is CC(=N[S@](=O)C(C)(C)C)c1ccc2c(c1)CCC2. The van der Waals surface area contributed by atoms with Gasteiger partial charge in [-0.05, 0) is 69.7 Å². The first kappa shape index (κ1) is 13.5. The molecular weight excluding hydrogens is 242 g/mol. The van der Waals surface area contributed by atoms with Crippen molar-refractivity contribution in [1.82, 2.24) is 0 Å². The molecule has 0 unspecified atom stereocenters. The van der Waals surface area contributed by atoms with Crippen LogP contribution in [0, 0.1) is 0 Å². The van der Waals surface area contributed by atoms with Crippen LogP contribution >= 0.6 is 0 Å². The summed E-state index contributed by atoms with van der Waals surface area (Å²) in [6.07, 6.45) is 3.61. The van der Waals surface area contributed by atoms with Crippen LogP contribution in [0.25, 0.3) is 0 Å². The van der Waals surface area contributed by atoms with E-state index in [1.807, 2.05) is 27.7 Å². The Balaban J connectivity index is 2.27. The predicted molar refractivity (Wildman–Crippen MR) is 78.6 cm³/mol. The Morgan fingerprint density at radius 2 is 1.89 bits per heavy atom. The van der Waals surface area contributed by atoms with Crippen LogP contribution in [0.4, 0.5) is 0 Å². The summed E-state index contributed by atoms with van der Waals surface area (Å²) in [5.74, 6) is 0. The fourth-order valence-electron chi connectivity index (χ4n) is 2.11. The van der Waals surface area contributed by atoms with Gasteiger partial charge < -0.3 is 0 Å². The Bertz CT molecular complexity index is 512. The van der Waals surface area contributed by atoms with Gasteiger partial charge in [-0.25, -0.2) is 4.21 Å². The Morgan fingerprint density at radius 1 is 1.22 bits per heavy atom. The van der Waals surface area contributed by atoms with E-state index < -0.39 is 11.0 Å². The smallest absolute Gasteiger partial charge is 0.145 e. The molecule has 0 saturated carbocycles. The van der Waals surface area contributed by atoms with Gasteiger partial charge in [-0.2, -0.15) is 4.40 Å². The highest BCUT2D eigenvalue weighted by molar-refractivity contribution is 7.85. The van der Waals surface area contributed by atoms with Crippen LogP contribution in [0.5, 0.6) is 0 Å². The number of rotatable bonds is 2. The molecule has 0 N–H and O–H groups in total. The Kier molecular flexibility index (Phi) is 3.71. The van der Waals surface area contributed by atoms with E-state index in [1.54, 1.807) is 0 Å². The summed E-state index contributed by atoms with van der Waals surface area (Å²) in [6.45, 7) is 7.79. The molecule has 1 aromatic rings. The molecule has 0 fully saturated rings. The van der Waals surface area contributed by atoms with Crippen LogP contribution in [0.3, 0.4) is 0 Å². The summed E-state index contributed by atoms with van der Waals surface area (Å²) in [5, 5.41) is 0. The van der Waals surface area contributed by atoms with Gasteiger partial charge in [-0.1, -0.05) is 12.1 Å². The molecule has 2 rings (SSSR count). The van der Waals surface area contributed by atoms with Crippen LogP contribution in [-0.2, 0) is 23.8 Å². The zero-order chi connectivity index (χ0) is 13.3. The summed E-state index contributed by atoms with van der Waals surface area (Å²) in [4.78, 5) is 0. The number of fused-ring (bicyclic) bond motifs is 1. The van der Waals surface area contributed by atoms with Crippen molar-refractivity contribution >= 4 is 16.7 Å². The first-order valence-corrected chi connectivity index (χ1v) is 7.58. The number of benzene rings is 1. The standard InChI is InChI=1S/C15H21NOS/c1-11(16-18(17)15(2,3)4)13-9-8-12-6-5-7-14(12)10-13/h8-10H,5-7H2,1-4H3/t18-/m1/s1. The molecule has 0 amide bonds. The van der Waals surface area contributed by atoms with E-state index in [4.69, 9.17) is 0 Å². The highest BCUT2D eigenvalue weighted by Gasteiger charge is 2.19. The van der Waals surface area contributed by atoms with Gasteiger partial charge in [0.1, 0.15) is 11.0 Å². The van der Waals surface area contributed by atoms with Crippen LogP contribution in [-0.4, -0.2) is 14.7 Å². The fraction of sp³-hybridized carbons (Fsp3) is 0.533. The second kappa shape index (κ2) is 4.96. The average molecular weight is 263 g/mol. The minimum atomic E-state index is -1.18. The van der Waals surface area contributed by atoms with Crippen LogP contribution in [0.2, 0.25) is 0 Å². The van der Waals surface area contributed by atoms with Crippen molar-refractivity contribution in [1.29, 1.82) is 0 Å². The van der Waals surface area contributed by atoms with Gasteiger partial charge >= 0.3 is 0 Å². The Morgan fingerprint density at radius 3 is 2.56 bits per heavy atom. The molecule has 1 aliphatic rings. The monoisotopic (exact) mass is 263 g/mol. The topological polar surface area (TPSA) is 29.4 Å². The quantitative estimate of drug-likeness (QED) is 0.751. The second-order valence-electron chi connectivity index (χ2n) is 5.88.